The van der Waals surface area contributed by atoms with Crippen molar-refractivity contribution in [3.63, 3.8) is 0 Å². The summed E-state index contributed by atoms with van der Waals surface area (Å²) < 4.78 is 0. The summed E-state index contributed by atoms with van der Waals surface area (Å²) in [6, 6.07) is 43.4. The SMILES string of the molecule is CC(C)(C)c1ccc(-c2ccc3c(n2)C2NC(c4cccc(-c5ccc6ccc7ccc(-c8ccc(C(C)(C)C)cc8)nc7c6n5)c4)=CC=C2C=C3)cc1. The van der Waals surface area contributed by atoms with E-state index in [-0.39, 0.29) is 16.9 Å². The Kier molecular flexibility index (Phi) is 7.97. The van der Waals surface area contributed by atoms with E-state index in [9.17, 15) is 0 Å². The monoisotopic (exact) mass is 700 g/mol. The van der Waals surface area contributed by atoms with Gasteiger partial charge in [0.1, 0.15) is 0 Å². The van der Waals surface area contributed by atoms with Crippen LogP contribution >= 0.6 is 0 Å². The smallest absolute Gasteiger partial charge is 0.0972 e. The molecule has 4 heteroatoms. The van der Waals surface area contributed by atoms with Crippen LogP contribution < -0.4 is 5.32 Å². The number of dihydropyridines is 1. The second-order valence-electron chi connectivity index (χ2n) is 16.7. The van der Waals surface area contributed by atoms with Crippen LogP contribution in [0.1, 0.15) is 75.5 Å². The molecule has 7 aromatic rings. The van der Waals surface area contributed by atoms with Gasteiger partial charge in [0.25, 0.3) is 0 Å². The van der Waals surface area contributed by atoms with Crippen molar-refractivity contribution < 1.29 is 0 Å². The molecule has 1 N–H and O–H groups in total. The van der Waals surface area contributed by atoms with Gasteiger partial charge in [-0.15, -0.1) is 0 Å². The molecular formula is C50H44N4. The first-order valence-corrected chi connectivity index (χ1v) is 18.9. The first-order chi connectivity index (χ1) is 26.0. The zero-order chi connectivity index (χ0) is 37.2. The number of hydrogen-bond acceptors (Lipinski definition) is 4. The Morgan fingerprint density at radius 3 is 1.59 bits per heavy atom. The number of nitrogens with one attached hydrogen (secondary N) is 1. The normalized spacial score (nSPS) is 15.3. The third kappa shape index (κ3) is 6.22. The molecule has 4 nitrogen and oxygen atoms in total. The lowest BCUT2D eigenvalue weighted by atomic mass is 9.86. The number of hydrogen-bond donors (Lipinski definition) is 1. The third-order valence-corrected chi connectivity index (χ3v) is 10.8. The minimum absolute atomic E-state index is 0.0439. The largest absolute Gasteiger partial charge is 0.372 e. The number of rotatable bonds is 4. The molecule has 2 aliphatic rings. The van der Waals surface area contributed by atoms with Gasteiger partial charge in [-0.3, -0.25) is 0 Å². The molecule has 0 radical (unpaired) electrons. The second kappa shape index (κ2) is 12.8. The Hall–Kier alpha value is -6.13. The van der Waals surface area contributed by atoms with E-state index < -0.39 is 0 Å². The maximum Gasteiger partial charge on any atom is 0.0972 e. The maximum absolute atomic E-state index is 5.26. The van der Waals surface area contributed by atoms with Gasteiger partial charge in [-0.2, -0.15) is 0 Å². The van der Waals surface area contributed by atoms with E-state index in [0.717, 1.165) is 78.1 Å². The van der Waals surface area contributed by atoms with Crippen LogP contribution in [0.15, 0.2) is 145 Å². The third-order valence-electron chi connectivity index (χ3n) is 10.8. The van der Waals surface area contributed by atoms with E-state index in [1.54, 1.807) is 0 Å². The second-order valence-corrected chi connectivity index (χ2v) is 16.7. The minimum Gasteiger partial charge on any atom is -0.372 e. The van der Waals surface area contributed by atoms with Crippen LogP contribution in [-0.4, -0.2) is 15.0 Å². The molecular weight excluding hydrogens is 657 g/mol. The molecule has 3 aromatic heterocycles. The van der Waals surface area contributed by atoms with Gasteiger partial charge in [0.2, 0.25) is 0 Å². The Bertz CT molecular complexity index is 2680. The average molecular weight is 701 g/mol. The van der Waals surface area contributed by atoms with Crippen molar-refractivity contribution in [3.8, 4) is 33.8 Å². The summed E-state index contributed by atoms with van der Waals surface area (Å²) in [6.07, 6.45) is 8.77. The van der Waals surface area contributed by atoms with Gasteiger partial charge < -0.3 is 5.32 Å². The van der Waals surface area contributed by atoms with Crippen LogP contribution in [0.3, 0.4) is 0 Å². The molecule has 1 unspecified atom stereocenters. The van der Waals surface area contributed by atoms with E-state index in [1.165, 1.54) is 16.7 Å². The van der Waals surface area contributed by atoms with Crippen molar-refractivity contribution in [2.45, 2.75) is 58.4 Å². The Balaban J connectivity index is 1.03. The highest BCUT2D eigenvalue weighted by molar-refractivity contribution is 6.04. The van der Waals surface area contributed by atoms with Crippen LogP contribution in [-0.2, 0) is 10.8 Å². The molecule has 0 amide bonds. The number of pyridine rings is 3. The van der Waals surface area contributed by atoms with Crippen molar-refractivity contribution in [3.05, 3.63) is 173 Å². The molecule has 4 aromatic carbocycles. The molecule has 264 valence electrons. The summed E-state index contributed by atoms with van der Waals surface area (Å²) in [5, 5.41) is 6.00. The summed E-state index contributed by atoms with van der Waals surface area (Å²) in [5.41, 5.74) is 16.4. The molecule has 0 saturated carbocycles. The fraction of sp³-hybridized carbons (Fsp3) is 0.180. The van der Waals surface area contributed by atoms with Gasteiger partial charge in [0.05, 0.1) is 39.9 Å². The summed E-state index contributed by atoms with van der Waals surface area (Å²) in [5.74, 6) is 0. The lowest BCUT2D eigenvalue weighted by Crippen LogP contribution is -2.27. The van der Waals surface area contributed by atoms with E-state index in [0.29, 0.717) is 0 Å². The van der Waals surface area contributed by atoms with E-state index in [2.05, 4.69) is 192 Å². The van der Waals surface area contributed by atoms with Crippen LogP contribution in [0, 0.1) is 0 Å². The molecule has 0 bridgehead atoms. The maximum atomic E-state index is 5.26. The van der Waals surface area contributed by atoms with Crippen molar-refractivity contribution >= 4 is 33.6 Å². The molecule has 1 aliphatic carbocycles. The number of nitrogens with zero attached hydrogens (tertiary/aromatic N) is 3. The number of benzene rings is 4. The molecule has 54 heavy (non-hydrogen) atoms. The summed E-state index contributed by atoms with van der Waals surface area (Å²) >= 11 is 0. The first kappa shape index (κ1) is 33.7. The Morgan fingerprint density at radius 2 is 1.00 bits per heavy atom. The van der Waals surface area contributed by atoms with Crippen molar-refractivity contribution in [2.24, 2.45) is 0 Å². The summed E-state index contributed by atoms with van der Waals surface area (Å²) in [4.78, 5) is 15.7. The minimum atomic E-state index is -0.0439. The zero-order valence-corrected chi connectivity index (χ0v) is 31.8. The fourth-order valence-corrected chi connectivity index (χ4v) is 7.54. The quantitative estimate of drug-likeness (QED) is 0.186. The lowest BCUT2D eigenvalue weighted by molar-refractivity contribution is 0.590. The average Bonchev–Trinajstić information content (AvgIpc) is 3.19. The highest BCUT2D eigenvalue weighted by Gasteiger charge is 2.27. The molecule has 9 rings (SSSR count). The zero-order valence-electron chi connectivity index (χ0n) is 31.8. The first-order valence-electron chi connectivity index (χ1n) is 18.9. The highest BCUT2D eigenvalue weighted by Crippen LogP contribution is 2.38. The Labute approximate surface area is 318 Å². The van der Waals surface area contributed by atoms with Gasteiger partial charge >= 0.3 is 0 Å². The van der Waals surface area contributed by atoms with E-state index >= 15 is 0 Å². The van der Waals surface area contributed by atoms with Crippen LogP contribution in [0.5, 0.6) is 0 Å². The van der Waals surface area contributed by atoms with Gasteiger partial charge in [0.15, 0.2) is 0 Å². The Morgan fingerprint density at radius 1 is 0.481 bits per heavy atom. The number of allylic oxidation sites excluding steroid dienone is 2. The van der Waals surface area contributed by atoms with Crippen LogP contribution in [0.2, 0.25) is 0 Å². The molecule has 0 spiro atoms. The summed E-state index contributed by atoms with van der Waals surface area (Å²) in [6.45, 7) is 13.5. The molecule has 1 atom stereocenters. The van der Waals surface area contributed by atoms with E-state index in [1.807, 2.05) is 0 Å². The van der Waals surface area contributed by atoms with E-state index in [4.69, 9.17) is 15.0 Å². The molecule has 0 fully saturated rings. The van der Waals surface area contributed by atoms with Crippen molar-refractivity contribution in [1.29, 1.82) is 0 Å². The standard InChI is InChI=1S/C50H44N4/c1-49(2,3)39-22-14-31(15-23-39)41-26-18-33-10-12-35-20-28-43(53-47(35)45(33)51-41)37-8-7-9-38(30-37)44-29-21-36-13-11-34-19-27-42(52-46(34)48(36)54-44)32-16-24-40(25-17-32)50(4,5)6/h7-30,47,53H,1-6H3. The van der Waals surface area contributed by atoms with Crippen LogP contribution in [0.25, 0.3) is 67.4 Å². The lowest BCUT2D eigenvalue weighted by Gasteiger charge is -2.30. The van der Waals surface area contributed by atoms with Gasteiger partial charge in [-0.1, -0.05) is 157 Å². The molecule has 0 saturated heterocycles. The van der Waals surface area contributed by atoms with Crippen LogP contribution in [0.4, 0.5) is 0 Å². The number of aromatic nitrogens is 3. The van der Waals surface area contributed by atoms with Crippen molar-refractivity contribution in [1.82, 2.24) is 20.3 Å². The topological polar surface area (TPSA) is 50.7 Å². The predicted molar refractivity (Wildman–Crippen MR) is 226 cm³/mol. The van der Waals surface area contributed by atoms with Crippen molar-refractivity contribution in [2.75, 3.05) is 0 Å². The van der Waals surface area contributed by atoms with Gasteiger partial charge in [-0.25, -0.2) is 15.0 Å². The molecule has 4 heterocycles. The predicted octanol–water partition coefficient (Wildman–Crippen LogP) is 12.4. The van der Waals surface area contributed by atoms with Gasteiger partial charge in [-0.05, 0) is 69.0 Å². The summed E-state index contributed by atoms with van der Waals surface area (Å²) in [7, 11) is 0. The van der Waals surface area contributed by atoms with Gasteiger partial charge in [0, 0.05) is 33.2 Å². The number of fused-ring (bicyclic) bond motifs is 6. The molecule has 1 aliphatic heterocycles. The highest BCUT2D eigenvalue weighted by atomic mass is 15.0. The fourth-order valence-electron chi connectivity index (χ4n) is 7.54.